The molecule has 1 fully saturated rings. The topological polar surface area (TPSA) is 107 Å². The fraction of sp³-hybridized carbons (Fsp3) is 0.571. The van der Waals surface area contributed by atoms with Crippen LogP contribution in [0.5, 0.6) is 0 Å². The maximum absolute atomic E-state index is 12.2. The number of benzene rings is 1. The predicted octanol–water partition coefficient (Wildman–Crippen LogP) is 2.50. The van der Waals surface area contributed by atoms with Crippen LogP contribution in [0.3, 0.4) is 0 Å². The Bertz CT molecular complexity index is 739. The quantitative estimate of drug-likeness (QED) is 0.323. The first kappa shape index (κ1) is 23.3. The first-order chi connectivity index (χ1) is 14.3. The van der Waals surface area contributed by atoms with Crippen LogP contribution < -0.4 is 21.3 Å². The molecule has 0 bridgehead atoms. The first-order valence-electron chi connectivity index (χ1n) is 10.3. The van der Waals surface area contributed by atoms with Crippen molar-refractivity contribution in [2.75, 3.05) is 38.5 Å². The van der Waals surface area contributed by atoms with Gasteiger partial charge in [-0.15, -0.1) is 0 Å². The van der Waals surface area contributed by atoms with Crippen molar-refractivity contribution in [3.8, 4) is 0 Å². The van der Waals surface area contributed by atoms with Gasteiger partial charge in [-0.3, -0.25) is 4.99 Å². The normalized spacial score (nSPS) is 14.3. The van der Waals surface area contributed by atoms with Gasteiger partial charge >= 0.3 is 12.1 Å². The van der Waals surface area contributed by atoms with Gasteiger partial charge in [0.05, 0.1) is 0 Å². The minimum Gasteiger partial charge on any atom is -0.444 e. The molecule has 0 atom stereocenters. The van der Waals surface area contributed by atoms with Crippen molar-refractivity contribution in [3.63, 3.8) is 0 Å². The fourth-order valence-corrected chi connectivity index (χ4v) is 2.95. The standard InChI is InChI=1S/C21H34N6O3/c1-21(2,3)30-20(29)24-11-10-23-18(22-4)25-15-16-8-7-9-17(14-16)26-19(28)27-12-5-6-13-27/h7-9,14H,5-6,10-13,15H2,1-4H3,(H,24,29)(H,26,28)(H2,22,23,25). The molecule has 2 rings (SSSR count). The average molecular weight is 419 g/mol. The number of rotatable bonds is 6. The van der Waals surface area contributed by atoms with Crippen LogP contribution in [0.1, 0.15) is 39.2 Å². The summed E-state index contributed by atoms with van der Waals surface area (Å²) in [6, 6.07) is 7.67. The summed E-state index contributed by atoms with van der Waals surface area (Å²) in [4.78, 5) is 29.9. The van der Waals surface area contributed by atoms with Gasteiger partial charge in [0, 0.05) is 45.5 Å². The van der Waals surface area contributed by atoms with Crippen molar-refractivity contribution in [1.82, 2.24) is 20.9 Å². The molecule has 0 saturated carbocycles. The van der Waals surface area contributed by atoms with Crippen molar-refractivity contribution in [3.05, 3.63) is 29.8 Å². The van der Waals surface area contributed by atoms with Crippen molar-refractivity contribution in [2.45, 2.75) is 45.8 Å². The highest BCUT2D eigenvalue weighted by molar-refractivity contribution is 5.89. The molecule has 9 nitrogen and oxygen atoms in total. The molecule has 0 radical (unpaired) electrons. The lowest BCUT2D eigenvalue weighted by molar-refractivity contribution is 0.0529. The van der Waals surface area contributed by atoms with Crippen molar-refractivity contribution < 1.29 is 14.3 Å². The highest BCUT2D eigenvalue weighted by atomic mass is 16.6. The summed E-state index contributed by atoms with van der Waals surface area (Å²) in [5.41, 5.74) is 1.28. The molecule has 9 heteroatoms. The summed E-state index contributed by atoms with van der Waals surface area (Å²) in [7, 11) is 1.68. The van der Waals surface area contributed by atoms with E-state index in [1.165, 1.54) is 0 Å². The maximum Gasteiger partial charge on any atom is 0.407 e. The zero-order valence-electron chi connectivity index (χ0n) is 18.4. The lowest BCUT2D eigenvalue weighted by Gasteiger charge is -2.20. The number of hydrogen-bond acceptors (Lipinski definition) is 4. The summed E-state index contributed by atoms with van der Waals surface area (Å²) in [5.74, 6) is 0.618. The van der Waals surface area contributed by atoms with Crippen LogP contribution in [0.25, 0.3) is 0 Å². The van der Waals surface area contributed by atoms with Gasteiger partial charge < -0.3 is 30.9 Å². The number of aliphatic imine (C=N–C) groups is 1. The second kappa shape index (κ2) is 11.3. The van der Waals surface area contributed by atoms with Gasteiger partial charge in [0.15, 0.2) is 5.96 Å². The Kier molecular flexibility index (Phi) is 8.76. The smallest absolute Gasteiger partial charge is 0.407 e. The van der Waals surface area contributed by atoms with Gasteiger partial charge in [-0.2, -0.15) is 0 Å². The number of anilines is 1. The number of guanidine groups is 1. The third-order valence-electron chi connectivity index (χ3n) is 4.34. The number of urea groups is 1. The van der Waals surface area contributed by atoms with E-state index in [2.05, 4.69) is 26.3 Å². The largest absolute Gasteiger partial charge is 0.444 e. The van der Waals surface area contributed by atoms with Crippen LogP contribution in [0.15, 0.2) is 29.3 Å². The Balaban J connectivity index is 1.72. The van der Waals surface area contributed by atoms with E-state index in [-0.39, 0.29) is 6.03 Å². The Hall–Kier alpha value is -2.97. The second-order valence-corrected chi connectivity index (χ2v) is 8.11. The Morgan fingerprint density at radius 3 is 2.47 bits per heavy atom. The lowest BCUT2D eigenvalue weighted by atomic mass is 10.2. The molecule has 30 heavy (non-hydrogen) atoms. The number of carbonyl (C=O) groups excluding carboxylic acids is 2. The van der Waals surface area contributed by atoms with E-state index in [0.717, 1.165) is 37.2 Å². The summed E-state index contributed by atoms with van der Waals surface area (Å²) < 4.78 is 5.19. The van der Waals surface area contributed by atoms with E-state index in [4.69, 9.17) is 4.74 Å². The number of alkyl carbamates (subject to hydrolysis) is 1. The molecule has 1 aliphatic rings. The molecule has 166 valence electrons. The van der Waals surface area contributed by atoms with Gasteiger partial charge in [-0.25, -0.2) is 9.59 Å². The molecule has 0 spiro atoms. The SMILES string of the molecule is CN=C(NCCNC(=O)OC(C)(C)C)NCc1cccc(NC(=O)N2CCCC2)c1. The van der Waals surface area contributed by atoms with Crippen molar-refractivity contribution in [2.24, 2.45) is 4.99 Å². The Labute approximate surface area is 178 Å². The van der Waals surface area contributed by atoms with Crippen LogP contribution >= 0.6 is 0 Å². The molecule has 1 saturated heterocycles. The van der Waals surface area contributed by atoms with Crippen molar-refractivity contribution in [1.29, 1.82) is 0 Å². The molecule has 4 N–H and O–H groups in total. The molecule has 1 aromatic rings. The van der Waals surface area contributed by atoms with Gasteiger partial charge in [-0.1, -0.05) is 12.1 Å². The number of nitrogens with one attached hydrogen (secondary N) is 4. The van der Waals surface area contributed by atoms with Gasteiger partial charge in [0.1, 0.15) is 5.60 Å². The molecule has 0 aromatic heterocycles. The van der Waals surface area contributed by atoms with E-state index >= 15 is 0 Å². The molecule has 0 unspecified atom stereocenters. The van der Waals surface area contributed by atoms with E-state index < -0.39 is 11.7 Å². The second-order valence-electron chi connectivity index (χ2n) is 8.11. The third-order valence-corrected chi connectivity index (χ3v) is 4.34. The van der Waals surface area contributed by atoms with Crippen LogP contribution in [0.2, 0.25) is 0 Å². The highest BCUT2D eigenvalue weighted by Gasteiger charge is 2.18. The molecular formula is C21H34N6O3. The summed E-state index contributed by atoms with van der Waals surface area (Å²) >= 11 is 0. The maximum atomic E-state index is 12.2. The number of carbonyl (C=O) groups is 2. The Morgan fingerprint density at radius 1 is 1.10 bits per heavy atom. The zero-order chi connectivity index (χ0) is 22.0. The molecular weight excluding hydrogens is 384 g/mol. The number of amides is 3. The molecule has 1 aliphatic heterocycles. The molecule has 3 amide bonds. The highest BCUT2D eigenvalue weighted by Crippen LogP contribution is 2.14. The zero-order valence-corrected chi connectivity index (χ0v) is 18.4. The van der Waals surface area contributed by atoms with Crippen LogP contribution in [0, 0.1) is 0 Å². The van der Waals surface area contributed by atoms with Gasteiger partial charge in [0.2, 0.25) is 0 Å². The number of ether oxygens (including phenoxy) is 1. The number of likely N-dealkylation sites (tertiary alicyclic amines) is 1. The summed E-state index contributed by atoms with van der Waals surface area (Å²) in [5, 5.41) is 12.0. The van der Waals surface area contributed by atoms with E-state index in [1.807, 2.05) is 49.9 Å². The molecule has 1 heterocycles. The first-order valence-corrected chi connectivity index (χ1v) is 10.3. The number of nitrogens with zero attached hydrogens (tertiary/aromatic N) is 2. The third kappa shape index (κ3) is 8.59. The van der Waals surface area contributed by atoms with Crippen molar-refractivity contribution >= 4 is 23.8 Å². The van der Waals surface area contributed by atoms with Crippen LogP contribution in [0.4, 0.5) is 15.3 Å². The monoisotopic (exact) mass is 418 g/mol. The minimum atomic E-state index is -0.516. The fourth-order valence-electron chi connectivity index (χ4n) is 2.95. The Morgan fingerprint density at radius 2 is 1.80 bits per heavy atom. The summed E-state index contributed by atoms with van der Waals surface area (Å²) in [6.07, 6.45) is 1.69. The molecule has 1 aromatic carbocycles. The van der Waals surface area contributed by atoms with Crippen LogP contribution in [-0.4, -0.2) is 61.8 Å². The average Bonchev–Trinajstić information content (AvgIpc) is 3.21. The van der Waals surface area contributed by atoms with E-state index in [0.29, 0.717) is 25.6 Å². The van der Waals surface area contributed by atoms with Gasteiger partial charge in [-0.05, 0) is 51.3 Å². The minimum absolute atomic E-state index is 0.0485. The number of hydrogen-bond donors (Lipinski definition) is 4. The van der Waals surface area contributed by atoms with E-state index in [1.54, 1.807) is 7.05 Å². The summed E-state index contributed by atoms with van der Waals surface area (Å²) in [6.45, 7) is 8.57. The lowest BCUT2D eigenvalue weighted by Crippen LogP contribution is -2.42. The predicted molar refractivity (Wildman–Crippen MR) is 119 cm³/mol. The molecule has 0 aliphatic carbocycles. The van der Waals surface area contributed by atoms with Gasteiger partial charge in [0.25, 0.3) is 0 Å². The van der Waals surface area contributed by atoms with Crippen LogP contribution in [-0.2, 0) is 11.3 Å². The van der Waals surface area contributed by atoms with E-state index in [9.17, 15) is 9.59 Å².